The third-order valence-corrected chi connectivity index (χ3v) is 4.14. The van der Waals surface area contributed by atoms with Gasteiger partial charge in [0.05, 0.1) is 5.69 Å². The Morgan fingerprint density at radius 3 is 2.32 bits per heavy atom. The van der Waals surface area contributed by atoms with Crippen LogP contribution >= 0.6 is 0 Å². The molecular formula is C19H27N3. The van der Waals surface area contributed by atoms with E-state index in [9.17, 15) is 0 Å². The highest BCUT2D eigenvalue weighted by Crippen LogP contribution is 2.14. The first-order chi connectivity index (χ1) is 10.7. The smallest absolute Gasteiger partial charge is 0.0570 e. The van der Waals surface area contributed by atoms with Gasteiger partial charge in [-0.2, -0.15) is 0 Å². The van der Waals surface area contributed by atoms with E-state index in [2.05, 4.69) is 66.3 Å². The number of nitrogens with zero attached hydrogens (tertiary/aromatic N) is 2. The van der Waals surface area contributed by atoms with E-state index in [4.69, 9.17) is 0 Å². The number of aromatic nitrogens is 1. The fraction of sp³-hybridized carbons (Fsp3) is 0.421. The summed E-state index contributed by atoms with van der Waals surface area (Å²) in [5.41, 5.74) is 3.87. The monoisotopic (exact) mass is 297 g/mol. The Labute approximate surface area is 134 Å². The molecule has 1 unspecified atom stereocenters. The zero-order valence-corrected chi connectivity index (χ0v) is 13.9. The lowest BCUT2D eigenvalue weighted by Gasteiger charge is -2.21. The van der Waals surface area contributed by atoms with Crippen molar-refractivity contribution in [2.75, 3.05) is 13.1 Å². The Kier molecular flexibility index (Phi) is 6.56. The summed E-state index contributed by atoms with van der Waals surface area (Å²) in [5.74, 6) is 0. The zero-order valence-electron chi connectivity index (χ0n) is 13.9. The van der Waals surface area contributed by atoms with Crippen molar-refractivity contribution < 1.29 is 0 Å². The van der Waals surface area contributed by atoms with Crippen molar-refractivity contribution >= 4 is 0 Å². The fourth-order valence-corrected chi connectivity index (χ4v) is 2.57. The first kappa shape index (κ1) is 16.7. The maximum Gasteiger partial charge on any atom is 0.0570 e. The van der Waals surface area contributed by atoms with Gasteiger partial charge in [-0.1, -0.05) is 44.2 Å². The SMILES string of the molecule is CCN(CC)Cc1ccccc1CNC(C)c1ccccn1. The molecule has 2 aromatic rings. The highest BCUT2D eigenvalue weighted by atomic mass is 15.1. The number of pyridine rings is 1. The fourth-order valence-electron chi connectivity index (χ4n) is 2.57. The van der Waals surface area contributed by atoms with E-state index in [1.165, 1.54) is 11.1 Å². The van der Waals surface area contributed by atoms with E-state index in [0.717, 1.165) is 31.9 Å². The van der Waals surface area contributed by atoms with E-state index < -0.39 is 0 Å². The second-order valence-corrected chi connectivity index (χ2v) is 5.59. The van der Waals surface area contributed by atoms with Crippen LogP contribution in [0.15, 0.2) is 48.7 Å². The second kappa shape index (κ2) is 8.66. The van der Waals surface area contributed by atoms with Gasteiger partial charge in [0.15, 0.2) is 0 Å². The van der Waals surface area contributed by atoms with Crippen LogP contribution in [0, 0.1) is 0 Å². The minimum absolute atomic E-state index is 0.253. The van der Waals surface area contributed by atoms with Gasteiger partial charge in [0.1, 0.15) is 0 Å². The quantitative estimate of drug-likeness (QED) is 0.804. The molecule has 1 atom stereocenters. The first-order valence-electron chi connectivity index (χ1n) is 8.18. The largest absolute Gasteiger partial charge is 0.305 e. The molecule has 0 saturated carbocycles. The molecule has 0 saturated heterocycles. The summed E-state index contributed by atoms with van der Waals surface area (Å²) in [7, 11) is 0. The third kappa shape index (κ3) is 4.65. The van der Waals surface area contributed by atoms with Crippen molar-refractivity contribution in [2.24, 2.45) is 0 Å². The van der Waals surface area contributed by atoms with Crippen molar-refractivity contribution in [2.45, 2.75) is 39.9 Å². The lowest BCUT2D eigenvalue weighted by molar-refractivity contribution is 0.294. The van der Waals surface area contributed by atoms with Crippen LogP contribution in [0.3, 0.4) is 0 Å². The average molecular weight is 297 g/mol. The molecule has 118 valence electrons. The number of hydrogen-bond acceptors (Lipinski definition) is 3. The summed E-state index contributed by atoms with van der Waals surface area (Å²) in [6.07, 6.45) is 1.85. The Morgan fingerprint density at radius 1 is 1.00 bits per heavy atom. The molecule has 0 bridgehead atoms. The molecule has 22 heavy (non-hydrogen) atoms. The minimum atomic E-state index is 0.253. The van der Waals surface area contributed by atoms with Gasteiger partial charge in [0, 0.05) is 25.3 Å². The van der Waals surface area contributed by atoms with Gasteiger partial charge in [-0.25, -0.2) is 0 Å². The van der Waals surface area contributed by atoms with Crippen LogP contribution in [0.2, 0.25) is 0 Å². The summed E-state index contributed by atoms with van der Waals surface area (Å²) in [6.45, 7) is 10.7. The highest BCUT2D eigenvalue weighted by molar-refractivity contribution is 5.27. The third-order valence-electron chi connectivity index (χ3n) is 4.14. The van der Waals surface area contributed by atoms with E-state index in [0.29, 0.717) is 0 Å². The van der Waals surface area contributed by atoms with Crippen LogP contribution in [0.1, 0.15) is 43.6 Å². The molecular weight excluding hydrogens is 270 g/mol. The molecule has 2 rings (SSSR count). The number of rotatable bonds is 8. The van der Waals surface area contributed by atoms with Crippen LogP contribution in [0.25, 0.3) is 0 Å². The number of benzene rings is 1. The molecule has 3 nitrogen and oxygen atoms in total. The van der Waals surface area contributed by atoms with E-state index in [1.807, 2.05) is 18.3 Å². The summed E-state index contributed by atoms with van der Waals surface area (Å²) >= 11 is 0. The van der Waals surface area contributed by atoms with Gasteiger partial charge in [0.25, 0.3) is 0 Å². The van der Waals surface area contributed by atoms with E-state index >= 15 is 0 Å². The highest BCUT2D eigenvalue weighted by Gasteiger charge is 2.09. The van der Waals surface area contributed by atoms with Crippen LogP contribution in [-0.4, -0.2) is 23.0 Å². The van der Waals surface area contributed by atoms with E-state index in [1.54, 1.807) is 0 Å². The number of nitrogens with one attached hydrogen (secondary N) is 1. The number of hydrogen-bond donors (Lipinski definition) is 1. The molecule has 3 heteroatoms. The molecule has 0 amide bonds. The maximum absolute atomic E-state index is 4.42. The predicted octanol–water partition coefficient (Wildman–Crippen LogP) is 3.77. The van der Waals surface area contributed by atoms with Crippen molar-refractivity contribution in [3.8, 4) is 0 Å². The summed E-state index contributed by atoms with van der Waals surface area (Å²) in [6, 6.07) is 15.0. The van der Waals surface area contributed by atoms with Crippen LogP contribution in [-0.2, 0) is 13.1 Å². The van der Waals surface area contributed by atoms with Gasteiger partial charge in [0.2, 0.25) is 0 Å². The Morgan fingerprint density at radius 2 is 1.68 bits per heavy atom. The van der Waals surface area contributed by atoms with Gasteiger partial charge in [-0.15, -0.1) is 0 Å². The average Bonchev–Trinajstić information content (AvgIpc) is 2.59. The molecule has 0 aliphatic heterocycles. The van der Waals surface area contributed by atoms with Crippen LogP contribution < -0.4 is 5.32 Å². The Hall–Kier alpha value is -1.71. The summed E-state index contributed by atoms with van der Waals surface area (Å²) in [5, 5.41) is 3.58. The van der Waals surface area contributed by atoms with Gasteiger partial charge in [-0.05, 0) is 43.3 Å². The summed E-state index contributed by atoms with van der Waals surface area (Å²) in [4.78, 5) is 6.86. The molecule has 1 heterocycles. The lowest BCUT2D eigenvalue weighted by Crippen LogP contribution is -2.24. The molecule has 0 spiro atoms. The molecule has 1 aromatic carbocycles. The van der Waals surface area contributed by atoms with Crippen LogP contribution in [0.4, 0.5) is 0 Å². The van der Waals surface area contributed by atoms with Crippen molar-refractivity contribution in [3.63, 3.8) is 0 Å². The summed E-state index contributed by atoms with van der Waals surface area (Å²) < 4.78 is 0. The van der Waals surface area contributed by atoms with Crippen molar-refractivity contribution in [3.05, 3.63) is 65.5 Å². The molecule has 0 fully saturated rings. The maximum atomic E-state index is 4.42. The predicted molar refractivity (Wildman–Crippen MR) is 92.6 cm³/mol. The molecule has 1 N–H and O–H groups in total. The Bertz CT molecular complexity index is 550. The second-order valence-electron chi connectivity index (χ2n) is 5.59. The molecule has 0 aliphatic carbocycles. The normalized spacial score (nSPS) is 12.5. The Balaban J connectivity index is 2.00. The van der Waals surface area contributed by atoms with E-state index in [-0.39, 0.29) is 6.04 Å². The first-order valence-corrected chi connectivity index (χ1v) is 8.18. The van der Waals surface area contributed by atoms with Crippen molar-refractivity contribution in [1.82, 2.24) is 15.2 Å². The van der Waals surface area contributed by atoms with Gasteiger partial charge in [-0.3, -0.25) is 9.88 Å². The topological polar surface area (TPSA) is 28.2 Å². The van der Waals surface area contributed by atoms with Gasteiger partial charge < -0.3 is 5.32 Å². The standard InChI is InChI=1S/C19H27N3/c1-4-22(5-2)15-18-11-7-6-10-17(18)14-21-16(3)19-12-8-9-13-20-19/h6-13,16,21H,4-5,14-15H2,1-3H3. The molecule has 1 aromatic heterocycles. The van der Waals surface area contributed by atoms with Gasteiger partial charge >= 0.3 is 0 Å². The molecule has 0 radical (unpaired) electrons. The van der Waals surface area contributed by atoms with Crippen LogP contribution in [0.5, 0.6) is 0 Å². The van der Waals surface area contributed by atoms with Crippen molar-refractivity contribution in [1.29, 1.82) is 0 Å². The minimum Gasteiger partial charge on any atom is -0.305 e. The lowest BCUT2D eigenvalue weighted by atomic mass is 10.1. The zero-order chi connectivity index (χ0) is 15.8. The molecule has 0 aliphatic rings.